The van der Waals surface area contributed by atoms with E-state index in [0.717, 1.165) is 14.5 Å². The zero-order chi connectivity index (χ0) is 10.3. The Hall–Kier alpha value is -1.07. The van der Waals surface area contributed by atoms with E-state index in [1.807, 2.05) is 6.07 Å². The smallest absolute Gasteiger partial charge is 0.258 e. The van der Waals surface area contributed by atoms with Crippen LogP contribution in [0.4, 0.5) is 5.69 Å². The minimum Gasteiger partial charge on any atom is -0.258 e. The van der Waals surface area contributed by atoms with E-state index in [1.54, 1.807) is 19.1 Å². The molecule has 1 aromatic carbocycles. The van der Waals surface area contributed by atoms with Gasteiger partial charge in [0, 0.05) is 4.90 Å². The van der Waals surface area contributed by atoms with Crippen molar-refractivity contribution < 1.29 is 4.92 Å². The van der Waals surface area contributed by atoms with Crippen LogP contribution in [0.3, 0.4) is 0 Å². The maximum Gasteiger partial charge on any atom is 0.290 e. The van der Waals surface area contributed by atoms with Crippen molar-refractivity contribution in [1.29, 1.82) is 0 Å². The number of thiol groups is 1. The molecule has 2 rings (SSSR count). The van der Waals surface area contributed by atoms with Gasteiger partial charge in [-0.2, -0.15) is 0 Å². The number of aryl methyl sites for hydroxylation is 1. The van der Waals surface area contributed by atoms with Crippen molar-refractivity contribution in [2.75, 3.05) is 0 Å². The van der Waals surface area contributed by atoms with E-state index in [-0.39, 0.29) is 10.6 Å². The third-order valence-electron chi connectivity index (χ3n) is 2.02. The SMILES string of the molecule is Cc1sc2c(S)cccc2c1[N+](=O)[O-]. The molecule has 0 N–H and O–H groups in total. The molecule has 0 fully saturated rings. The average molecular weight is 225 g/mol. The van der Waals surface area contributed by atoms with Gasteiger partial charge in [0.2, 0.25) is 0 Å². The van der Waals surface area contributed by atoms with Crippen LogP contribution in [0.15, 0.2) is 23.1 Å². The number of hydrogen-bond acceptors (Lipinski definition) is 4. The molecule has 0 aliphatic rings. The molecule has 0 saturated heterocycles. The van der Waals surface area contributed by atoms with E-state index in [2.05, 4.69) is 12.6 Å². The second-order valence-electron chi connectivity index (χ2n) is 2.92. The Morgan fingerprint density at radius 3 is 2.86 bits per heavy atom. The molecule has 72 valence electrons. The fourth-order valence-electron chi connectivity index (χ4n) is 1.44. The van der Waals surface area contributed by atoms with Crippen molar-refractivity contribution in [3.05, 3.63) is 33.2 Å². The Morgan fingerprint density at radius 1 is 1.50 bits per heavy atom. The molecule has 0 aliphatic heterocycles. The summed E-state index contributed by atoms with van der Waals surface area (Å²) in [4.78, 5) is 12.0. The third kappa shape index (κ3) is 1.29. The summed E-state index contributed by atoms with van der Waals surface area (Å²) in [5, 5.41) is 11.5. The second-order valence-corrected chi connectivity index (χ2v) is 4.62. The highest BCUT2D eigenvalue weighted by atomic mass is 32.1. The normalized spacial score (nSPS) is 10.7. The molecule has 2 aromatic rings. The molecular formula is C9H7NO2S2. The van der Waals surface area contributed by atoms with Crippen LogP contribution in [0, 0.1) is 17.0 Å². The van der Waals surface area contributed by atoms with Gasteiger partial charge in [0.25, 0.3) is 5.69 Å². The molecule has 0 spiro atoms. The number of benzene rings is 1. The summed E-state index contributed by atoms with van der Waals surface area (Å²) in [5.41, 5.74) is 0.209. The summed E-state index contributed by atoms with van der Waals surface area (Å²) in [5.74, 6) is 0. The van der Waals surface area contributed by atoms with Crippen molar-refractivity contribution >= 4 is 39.7 Å². The first-order valence-electron chi connectivity index (χ1n) is 3.96. The predicted molar refractivity (Wildman–Crippen MR) is 60.5 cm³/mol. The molecular weight excluding hydrogens is 218 g/mol. The Balaban J connectivity index is 2.90. The molecule has 3 nitrogen and oxygen atoms in total. The van der Waals surface area contributed by atoms with E-state index in [0.29, 0.717) is 5.39 Å². The second kappa shape index (κ2) is 3.25. The Labute approximate surface area is 89.9 Å². The van der Waals surface area contributed by atoms with Gasteiger partial charge in [-0.15, -0.1) is 24.0 Å². The molecule has 1 heterocycles. The lowest BCUT2D eigenvalue weighted by molar-refractivity contribution is -0.383. The van der Waals surface area contributed by atoms with E-state index < -0.39 is 0 Å². The number of rotatable bonds is 1. The zero-order valence-electron chi connectivity index (χ0n) is 7.35. The van der Waals surface area contributed by atoms with Crippen molar-refractivity contribution in [3.8, 4) is 0 Å². The van der Waals surface area contributed by atoms with Crippen LogP contribution in [0.1, 0.15) is 4.88 Å². The molecule has 0 amide bonds. The number of thiophene rings is 1. The number of nitro groups is 1. The summed E-state index contributed by atoms with van der Waals surface area (Å²) in [6.07, 6.45) is 0. The number of nitrogens with zero attached hydrogens (tertiary/aromatic N) is 1. The maximum absolute atomic E-state index is 10.8. The maximum atomic E-state index is 10.8. The number of hydrogen-bond donors (Lipinski definition) is 1. The zero-order valence-corrected chi connectivity index (χ0v) is 9.06. The van der Waals surface area contributed by atoms with E-state index in [1.165, 1.54) is 11.3 Å². The van der Waals surface area contributed by atoms with Crippen LogP contribution in [-0.2, 0) is 0 Å². The van der Waals surface area contributed by atoms with Gasteiger partial charge in [-0.05, 0) is 19.1 Å². The fraction of sp³-hybridized carbons (Fsp3) is 0.111. The molecule has 0 bridgehead atoms. The predicted octanol–water partition coefficient (Wildman–Crippen LogP) is 3.41. The quantitative estimate of drug-likeness (QED) is 0.459. The van der Waals surface area contributed by atoms with Crippen LogP contribution in [0.2, 0.25) is 0 Å². The summed E-state index contributed by atoms with van der Waals surface area (Å²) < 4.78 is 0.889. The molecule has 5 heteroatoms. The average Bonchev–Trinajstić information content (AvgIpc) is 2.42. The van der Waals surface area contributed by atoms with Gasteiger partial charge in [0.15, 0.2) is 0 Å². The molecule has 0 unspecified atom stereocenters. The molecule has 1 aromatic heterocycles. The Kier molecular flexibility index (Phi) is 2.20. The molecule has 0 radical (unpaired) electrons. The van der Waals surface area contributed by atoms with Gasteiger partial charge in [-0.25, -0.2) is 0 Å². The van der Waals surface area contributed by atoms with Crippen molar-refractivity contribution in [2.24, 2.45) is 0 Å². The standard InChI is InChI=1S/C9H7NO2S2/c1-5-8(10(11)12)6-3-2-4-7(13)9(6)14-5/h2-4,13H,1H3. The third-order valence-corrected chi connectivity index (χ3v) is 3.69. The van der Waals surface area contributed by atoms with Crippen LogP contribution in [-0.4, -0.2) is 4.92 Å². The Morgan fingerprint density at radius 2 is 2.21 bits per heavy atom. The highest BCUT2D eigenvalue weighted by Gasteiger charge is 2.19. The van der Waals surface area contributed by atoms with Crippen LogP contribution >= 0.6 is 24.0 Å². The summed E-state index contributed by atoms with van der Waals surface area (Å²) in [6.45, 7) is 1.76. The largest absolute Gasteiger partial charge is 0.290 e. The van der Waals surface area contributed by atoms with Gasteiger partial charge in [-0.3, -0.25) is 10.1 Å². The topological polar surface area (TPSA) is 43.1 Å². The van der Waals surface area contributed by atoms with Crippen LogP contribution in [0.25, 0.3) is 10.1 Å². The first-order valence-corrected chi connectivity index (χ1v) is 5.23. The van der Waals surface area contributed by atoms with Gasteiger partial charge < -0.3 is 0 Å². The fourth-order valence-corrected chi connectivity index (χ4v) is 2.81. The van der Waals surface area contributed by atoms with E-state index in [4.69, 9.17) is 0 Å². The van der Waals surface area contributed by atoms with Crippen molar-refractivity contribution in [2.45, 2.75) is 11.8 Å². The minimum atomic E-state index is -0.332. The molecule has 0 atom stereocenters. The Bertz CT molecular complexity index is 519. The summed E-state index contributed by atoms with van der Waals surface area (Å²) >= 11 is 5.68. The van der Waals surface area contributed by atoms with Crippen molar-refractivity contribution in [3.63, 3.8) is 0 Å². The highest BCUT2D eigenvalue weighted by Crippen LogP contribution is 2.39. The monoisotopic (exact) mass is 225 g/mol. The summed E-state index contributed by atoms with van der Waals surface area (Å²) in [7, 11) is 0. The van der Waals surface area contributed by atoms with Gasteiger partial charge in [0.05, 0.1) is 19.9 Å². The first-order chi connectivity index (χ1) is 6.61. The van der Waals surface area contributed by atoms with Gasteiger partial charge in [-0.1, -0.05) is 6.07 Å². The molecule has 14 heavy (non-hydrogen) atoms. The molecule has 0 aliphatic carbocycles. The van der Waals surface area contributed by atoms with Gasteiger partial charge >= 0.3 is 0 Å². The first kappa shape index (κ1) is 9.48. The summed E-state index contributed by atoms with van der Waals surface area (Å²) in [6, 6.07) is 5.38. The highest BCUT2D eigenvalue weighted by molar-refractivity contribution is 7.80. The lowest BCUT2D eigenvalue weighted by Crippen LogP contribution is -1.87. The van der Waals surface area contributed by atoms with Crippen molar-refractivity contribution in [1.82, 2.24) is 0 Å². The van der Waals surface area contributed by atoms with E-state index in [9.17, 15) is 10.1 Å². The van der Waals surface area contributed by atoms with Gasteiger partial charge in [0.1, 0.15) is 0 Å². The van der Waals surface area contributed by atoms with E-state index >= 15 is 0 Å². The lowest BCUT2D eigenvalue weighted by atomic mass is 10.2. The minimum absolute atomic E-state index is 0.209. The number of fused-ring (bicyclic) bond motifs is 1. The lowest BCUT2D eigenvalue weighted by Gasteiger charge is -1.92. The van der Waals surface area contributed by atoms with Crippen LogP contribution < -0.4 is 0 Å². The molecule has 0 saturated carbocycles. The van der Waals surface area contributed by atoms with Crippen LogP contribution in [0.5, 0.6) is 0 Å².